The topological polar surface area (TPSA) is 51.8 Å². The number of aryl methyl sites for hydroxylation is 2. The third-order valence-corrected chi connectivity index (χ3v) is 3.77. The molecule has 1 aromatic carbocycles. The zero-order valence-electron chi connectivity index (χ0n) is 11.9. The van der Waals surface area contributed by atoms with Crippen molar-refractivity contribution in [1.82, 2.24) is 9.97 Å². The quantitative estimate of drug-likeness (QED) is 0.878. The molecule has 5 heteroatoms. The first-order valence-electron chi connectivity index (χ1n) is 6.38. The summed E-state index contributed by atoms with van der Waals surface area (Å²) in [4.78, 5) is 9.00. The predicted octanol–water partition coefficient (Wildman–Crippen LogP) is 3.31. The molecule has 1 unspecified atom stereocenters. The van der Waals surface area contributed by atoms with Crippen LogP contribution >= 0.6 is 11.8 Å². The zero-order valence-corrected chi connectivity index (χ0v) is 12.7. The van der Waals surface area contributed by atoms with Crippen LogP contribution in [0.5, 0.6) is 0 Å². The van der Waals surface area contributed by atoms with Crippen LogP contribution in [0, 0.1) is 19.7 Å². The molecule has 0 aliphatic heterocycles. The second kappa shape index (κ2) is 6.22. The highest BCUT2D eigenvalue weighted by molar-refractivity contribution is 7.98. The number of rotatable bonds is 4. The number of nitrogens with two attached hydrogens (primary N) is 1. The van der Waals surface area contributed by atoms with Crippen LogP contribution in [0.4, 0.5) is 10.1 Å². The summed E-state index contributed by atoms with van der Waals surface area (Å²) in [5.74, 6) is 0.975. The van der Waals surface area contributed by atoms with E-state index in [1.807, 2.05) is 32.2 Å². The first-order chi connectivity index (χ1) is 9.52. The minimum absolute atomic E-state index is 0.0979. The number of benzene rings is 1. The molecule has 0 spiro atoms. The maximum absolute atomic E-state index is 13.7. The van der Waals surface area contributed by atoms with Crippen molar-refractivity contribution in [1.29, 1.82) is 0 Å². The average Bonchev–Trinajstić information content (AvgIpc) is 2.38. The number of nitrogens with zero attached hydrogens (tertiary/aromatic N) is 2. The van der Waals surface area contributed by atoms with Crippen molar-refractivity contribution >= 4 is 17.4 Å². The summed E-state index contributed by atoms with van der Waals surface area (Å²) in [5, 5.41) is 0. The zero-order chi connectivity index (χ0) is 14.7. The second-order valence-corrected chi connectivity index (χ2v) is 5.67. The van der Waals surface area contributed by atoms with Gasteiger partial charge in [-0.3, -0.25) is 0 Å². The number of thioether (sulfide) groups is 1. The molecule has 2 aromatic rings. The smallest absolute Gasteiger partial charge is 0.146 e. The van der Waals surface area contributed by atoms with Crippen molar-refractivity contribution in [2.45, 2.75) is 19.8 Å². The molecular formula is C15H18FN3S. The molecule has 1 heterocycles. The molecule has 2 N–H and O–H groups in total. The first-order valence-corrected chi connectivity index (χ1v) is 7.77. The fourth-order valence-corrected chi connectivity index (χ4v) is 2.90. The average molecular weight is 291 g/mol. The van der Waals surface area contributed by atoms with Gasteiger partial charge in [-0.05, 0) is 37.8 Å². The fourth-order valence-electron chi connectivity index (χ4n) is 2.24. The van der Waals surface area contributed by atoms with Crippen LogP contribution in [0.1, 0.15) is 28.7 Å². The van der Waals surface area contributed by atoms with E-state index in [0.717, 1.165) is 22.7 Å². The normalized spacial score (nSPS) is 12.4. The Balaban J connectivity index is 2.53. The first kappa shape index (κ1) is 14.8. The van der Waals surface area contributed by atoms with Gasteiger partial charge in [0.15, 0.2) is 0 Å². The van der Waals surface area contributed by atoms with Gasteiger partial charge in [-0.2, -0.15) is 11.8 Å². The van der Waals surface area contributed by atoms with Crippen LogP contribution in [-0.4, -0.2) is 22.0 Å². The molecule has 0 bridgehead atoms. The molecule has 2 rings (SSSR count). The monoisotopic (exact) mass is 291 g/mol. The van der Waals surface area contributed by atoms with Gasteiger partial charge >= 0.3 is 0 Å². The minimum atomic E-state index is -0.391. The Labute approximate surface area is 122 Å². The van der Waals surface area contributed by atoms with E-state index in [2.05, 4.69) is 9.97 Å². The second-order valence-electron chi connectivity index (χ2n) is 4.76. The number of para-hydroxylation sites is 1. The van der Waals surface area contributed by atoms with Crippen LogP contribution in [0.25, 0.3) is 0 Å². The number of hydrogen-bond acceptors (Lipinski definition) is 4. The van der Waals surface area contributed by atoms with Gasteiger partial charge in [0.05, 0.1) is 11.6 Å². The number of halogens is 1. The molecule has 3 nitrogen and oxygen atoms in total. The minimum Gasteiger partial charge on any atom is -0.396 e. The molecule has 0 amide bonds. The maximum atomic E-state index is 13.7. The summed E-state index contributed by atoms with van der Waals surface area (Å²) >= 11 is 1.67. The van der Waals surface area contributed by atoms with Crippen molar-refractivity contribution in [3.63, 3.8) is 0 Å². The van der Waals surface area contributed by atoms with E-state index in [1.165, 1.54) is 6.07 Å². The van der Waals surface area contributed by atoms with Gasteiger partial charge < -0.3 is 5.73 Å². The number of nitrogen functional groups attached to an aromatic ring is 1. The van der Waals surface area contributed by atoms with Gasteiger partial charge in [0, 0.05) is 17.1 Å². The SMILES string of the molecule is CSCC(c1nc(C)cc(C)n1)c1cccc(F)c1N. The Bertz CT molecular complexity index is 596. The molecule has 0 saturated carbocycles. The number of hydrogen-bond donors (Lipinski definition) is 1. The van der Waals surface area contributed by atoms with Gasteiger partial charge in [-0.25, -0.2) is 14.4 Å². The Morgan fingerprint density at radius 2 is 1.90 bits per heavy atom. The van der Waals surface area contributed by atoms with Crippen LogP contribution in [0.15, 0.2) is 24.3 Å². The highest BCUT2D eigenvalue weighted by Crippen LogP contribution is 2.31. The lowest BCUT2D eigenvalue weighted by Gasteiger charge is -2.18. The van der Waals surface area contributed by atoms with Gasteiger partial charge in [-0.15, -0.1) is 0 Å². The third kappa shape index (κ3) is 3.10. The molecule has 1 aromatic heterocycles. The van der Waals surface area contributed by atoms with Crippen LogP contribution in [0.2, 0.25) is 0 Å². The molecule has 106 valence electrons. The van der Waals surface area contributed by atoms with Crippen molar-refractivity contribution < 1.29 is 4.39 Å². The molecule has 0 aliphatic rings. The van der Waals surface area contributed by atoms with Crippen molar-refractivity contribution in [3.05, 3.63) is 52.9 Å². The van der Waals surface area contributed by atoms with Crippen LogP contribution in [0.3, 0.4) is 0 Å². The summed E-state index contributed by atoms with van der Waals surface area (Å²) in [6.45, 7) is 3.87. The molecule has 0 aliphatic carbocycles. The highest BCUT2D eigenvalue weighted by Gasteiger charge is 2.21. The van der Waals surface area contributed by atoms with E-state index in [1.54, 1.807) is 17.8 Å². The Hall–Kier alpha value is -1.62. The number of anilines is 1. The Kier molecular flexibility index (Phi) is 4.60. The van der Waals surface area contributed by atoms with Crippen molar-refractivity contribution in [2.75, 3.05) is 17.7 Å². The molecule has 0 fully saturated rings. The molecule has 1 atom stereocenters. The predicted molar refractivity (Wildman–Crippen MR) is 82.5 cm³/mol. The van der Waals surface area contributed by atoms with Crippen molar-refractivity contribution in [2.24, 2.45) is 0 Å². The Morgan fingerprint density at radius 3 is 2.50 bits per heavy atom. The van der Waals surface area contributed by atoms with Gasteiger partial charge in [0.2, 0.25) is 0 Å². The summed E-state index contributed by atoms with van der Waals surface area (Å²) in [5.41, 5.74) is 8.65. The molecule has 20 heavy (non-hydrogen) atoms. The van der Waals surface area contributed by atoms with Gasteiger partial charge in [0.25, 0.3) is 0 Å². The lowest BCUT2D eigenvalue weighted by Crippen LogP contribution is -2.13. The fraction of sp³-hybridized carbons (Fsp3) is 0.333. The van der Waals surface area contributed by atoms with E-state index >= 15 is 0 Å². The number of aromatic nitrogens is 2. The summed E-state index contributed by atoms with van der Waals surface area (Å²) in [6.07, 6.45) is 2.01. The van der Waals surface area contributed by atoms with Crippen LogP contribution < -0.4 is 5.73 Å². The lowest BCUT2D eigenvalue weighted by molar-refractivity contribution is 0.629. The van der Waals surface area contributed by atoms with Crippen molar-refractivity contribution in [3.8, 4) is 0 Å². The van der Waals surface area contributed by atoms with E-state index in [4.69, 9.17) is 5.73 Å². The largest absolute Gasteiger partial charge is 0.396 e. The van der Waals surface area contributed by atoms with E-state index in [-0.39, 0.29) is 11.6 Å². The molecular weight excluding hydrogens is 273 g/mol. The summed E-state index contributed by atoms with van der Waals surface area (Å²) in [7, 11) is 0. The standard InChI is InChI=1S/C15H18FN3S/c1-9-7-10(2)19-15(18-9)12(8-20-3)11-5-4-6-13(16)14(11)17/h4-7,12H,8,17H2,1-3H3. The van der Waals surface area contributed by atoms with E-state index in [9.17, 15) is 4.39 Å². The Morgan fingerprint density at radius 1 is 1.25 bits per heavy atom. The summed E-state index contributed by atoms with van der Waals surface area (Å²) in [6, 6.07) is 6.82. The molecule has 0 radical (unpaired) electrons. The van der Waals surface area contributed by atoms with E-state index in [0.29, 0.717) is 5.82 Å². The maximum Gasteiger partial charge on any atom is 0.146 e. The lowest BCUT2D eigenvalue weighted by atomic mass is 9.97. The highest BCUT2D eigenvalue weighted by atomic mass is 32.2. The molecule has 0 saturated heterocycles. The summed E-state index contributed by atoms with van der Waals surface area (Å²) < 4.78 is 13.7. The third-order valence-electron chi connectivity index (χ3n) is 3.11. The van der Waals surface area contributed by atoms with Crippen LogP contribution in [-0.2, 0) is 0 Å². The van der Waals surface area contributed by atoms with E-state index < -0.39 is 5.82 Å². The van der Waals surface area contributed by atoms with Gasteiger partial charge in [0.1, 0.15) is 11.6 Å². The van der Waals surface area contributed by atoms with Gasteiger partial charge in [-0.1, -0.05) is 12.1 Å².